The molecule has 0 bridgehead atoms. The molecule has 0 heterocycles. The molecular formula is C12H14FN3O2. The number of nitrogen functional groups attached to an aromatic ring is 1. The van der Waals surface area contributed by atoms with Gasteiger partial charge in [0.15, 0.2) is 0 Å². The standard InChI is InChI=1S/C12H14FN3O2/c13-9-5-7(1-4-10(9)14)12(18)15-6-11(17)16-8-2-3-8/h1,4-5,8H,2-3,6,14H2,(H,15,18)(H,16,17). The van der Waals surface area contributed by atoms with Crippen LogP contribution < -0.4 is 16.4 Å². The number of hydrogen-bond donors (Lipinski definition) is 3. The summed E-state index contributed by atoms with van der Waals surface area (Å²) in [6.45, 7) is -0.110. The molecule has 6 heteroatoms. The van der Waals surface area contributed by atoms with Crippen LogP contribution >= 0.6 is 0 Å². The lowest BCUT2D eigenvalue weighted by Crippen LogP contribution is -2.37. The van der Waals surface area contributed by atoms with Gasteiger partial charge in [0.2, 0.25) is 5.91 Å². The minimum atomic E-state index is -0.648. The Hall–Kier alpha value is -2.11. The number of amides is 2. The second kappa shape index (κ2) is 5.03. The molecule has 0 aliphatic heterocycles. The normalized spacial score (nSPS) is 14.1. The Labute approximate surface area is 104 Å². The molecule has 0 saturated heterocycles. The lowest BCUT2D eigenvalue weighted by Gasteiger charge is -2.06. The zero-order chi connectivity index (χ0) is 13.1. The summed E-state index contributed by atoms with van der Waals surface area (Å²) in [7, 11) is 0. The van der Waals surface area contributed by atoms with Gasteiger partial charge < -0.3 is 16.4 Å². The van der Waals surface area contributed by atoms with Crippen molar-refractivity contribution in [2.75, 3.05) is 12.3 Å². The summed E-state index contributed by atoms with van der Waals surface area (Å²) in [4.78, 5) is 22.9. The Morgan fingerprint density at radius 1 is 1.39 bits per heavy atom. The first-order valence-corrected chi connectivity index (χ1v) is 5.69. The summed E-state index contributed by atoms with van der Waals surface area (Å²) >= 11 is 0. The van der Waals surface area contributed by atoms with Gasteiger partial charge in [-0.15, -0.1) is 0 Å². The lowest BCUT2D eigenvalue weighted by molar-refractivity contribution is -0.120. The fourth-order valence-corrected chi connectivity index (χ4v) is 1.44. The molecule has 1 fully saturated rings. The summed E-state index contributed by atoms with van der Waals surface area (Å²) in [5.41, 5.74) is 5.43. The van der Waals surface area contributed by atoms with Gasteiger partial charge in [-0.05, 0) is 31.0 Å². The second-order valence-electron chi connectivity index (χ2n) is 4.26. The van der Waals surface area contributed by atoms with E-state index in [0.717, 1.165) is 18.9 Å². The summed E-state index contributed by atoms with van der Waals surface area (Å²) in [6.07, 6.45) is 1.98. The van der Waals surface area contributed by atoms with Gasteiger partial charge in [-0.1, -0.05) is 0 Å². The molecule has 1 saturated carbocycles. The van der Waals surface area contributed by atoms with Crippen LogP contribution in [0.2, 0.25) is 0 Å². The first-order chi connectivity index (χ1) is 8.56. The number of carbonyl (C=O) groups is 2. The van der Waals surface area contributed by atoms with Crippen molar-refractivity contribution in [3.63, 3.8) is 0 Å². The number of anilines is 1. The van der Waals surface area contributed by atoms with Crippen LogP contribution in [0.5, 0.6) is 0 Å². The van der Waals surface area contributed by atoms with Gasteiger partial charge in [0.1, 0.15) is 5.82 Å². The van der Waals surface area contributed by atoms with E-state index in [9.17, 15) is 14.0 Å². The van der Waals surface area contributed by atoms with E-state index in [1.165, 1.54) is 12.1 Å². The topological polar surface area (TPSA) is 84.2 Å². The van der Waals surface area contributed by atoms with E-state index in [4.69, 9.17) is 5.73 Å². The average Bonchev–Trinajstić information content (AvgIpc) is 3.13. The number of nitrogens with one attached hydrogen (secondary N) is 2. The molecule has 1 aromatic carbocycles. The number of halogens is 1. The molecule has 0 atom stereocenters. The molecule has 18 heavy (non-hydrogen) atoms. The van der Waals surface area contributed by atoms with Crippen molar-refractivity contribution in [2.24, 2.45) is 0 Å². The van der Waals surface area contributed by atoms with Crippen molar-refractivity contribution in [1.29, 1.82) is 0 Å². The van der Waals surface area contributed by atoms with E-state index in [1.807, 2.05) is 0 Å². The van der Waals surface area contributed by atoms with Crippen LogP contribution in [0.25, 0.3) is 0 Å². The molecule has 96 valence electrons. The molecule has 0 unspecified atom stereocenters. The van der Waals surface area contributed by atoms with E-state index in [2.05, 4.69) is 10.6 Å². The van der Waals surface area contributed by atoms with Gasteiger partial charge >= 0.3 is 0 Å². The molecule has 4 N–H and O–H groups in total. The molecule has 5 nitrogen and oxygen atoms in total. The zero-order valence-corrected chi connectivity index (χ0v) is 9.70. The number of rotatable bonds is 4. The molecule has 0 spiro atoms. The fraction of sp³-hybridized carbons (Fsp3) is 0.333. The maximum atomic E-state index is 13.1. The molecule has 0 radical (unpaired) electrons. The van der Waals surface area contributed by atoms with Crippen LogP contribution in [0.1, 0.15) is 23.2 Å². The van der Waals surface area contributed by atoms with Gasteiger partial charge in [-0.25, -0.2) is 4.39 Å². The first-order valence-electron chi connectivity index (χ1n) is 5.69. The predicted octanol–water partition coefficient (Wildman–Crippen LogP) is 0.416. The third kappa shape index (κ3) is 3.19. The van der Waals surface area contributed by atoms with E-state index in [0.29, 0.717) is 0 Å². The Bertz CT molecular complexity index is 486. The molecule has 2 amide bonds. The monoisotopic (exact) mass is 251 g/mol. The summed E-state index contributed by atoms with van der Waals surface area (Å²) < 4.78 is 13.1. The van der Waals surface area contributed by atoms with Gasteiger partial charge in [-0.3, -0.25) is 9.59 Å². The van der Waals surface area contributed by atoms with Crippen molar-refractivity contribution >= 4 is 17.5 Å². The molecule has 0 aromatic heterocycles. The van der Waals surface area contributed by atoms with Crippen molar-refractivity contribution in [3.05, 3.63) is 29.6 Å². The maximum Gasteiger partial charge on any atom is 0.251 e. The maximum absolute atomic E-state index is 13.1. The van der Waals surface area contributed by atoms with E-state index in [1.54, 1.807) is 0 Å². The molecule has 1 aromatic rings. The number of nitrogens with two attached hydrogens (primary N) is 1. The SMILES string of the molecule is Nc1ccc(C(=O)NCC(=O)NC2CC2)cc1F. The van der Waals surface area contributed by atoms with Crippen LogP contribution in [-0.2, 0) is 4.79 Å². The van der Waals surface area contributed by atoms with Crippen molar-refractivity contribution < 1.29 is 14.0 Å². The van der Waals surface area contributed by atoms with Crippen molar-refractivity contribution in [3.8, 4) is 0 Å². The van der Waals surface area contributed by atoms with Gasteiger partial charge in [0, 0.05) is 11.6 Å². The van der Waals surface area contributed by atoms with Gasteiger partial charge in [-0.2, -0.15) is 0 Å². The summed E-state index contributed by atoms with van der Waals surface area (Å²) in [5.74, 6) is -1.38. The van der Waals surface area contributed by atoms with Crippen LogP contribution in [0, 0.1) is 5.82 Å². The van der Waals surface area contributed by atoms with E-state index < -0.39 is 11.7 Å². The predicted molar refractivity (Wildman–Crippen MR) is 64.3 cm³/mol. The Balaban J connectivity index is 1.86. The van der Waals surface area contributed by atoms with Gasteiger partial charge in [0.25, 0.3) is 5.91 Å². The Kier molecular flexibility index (Phi) is 3.45. The van der Waals surface area contributed by atoms with E-state index >= 15 is 0 Å². The van der Waals surface area contributed by atoms with Crippen LogP contribution in [0.3, 0.4) is 0 Å². The molecule has 1 aliphatic carbocycles. The van der Waals surface area contributed by atoms with Crippen LogP contribution in [0.15, 0.2) is 18.2 Å². The summed E-state index contributed by atoms with van der Waals surface area (Å²) in [5, 5.41) is 5.15. The summed E-state index contributed by atoms with van der Waals surface area (Å²) in [6, 6.07) is 4.02. The van der Waals surface area contributed by atoms with Gasteiger partial charge in [0.05, 0.1) is 12.2 Å². The average molecular weight is 251 g/mol. The Morgan fingerprint density at radius 2 is 2.11 bits per heavy atom. The third-order valence-corrected chi connectivity index (χ3v) is 2.61. The smallest absolute Gasteiger partial charge is 0.251 e. The van der Waals surface area contributed by atoms with E-state index in [-0.39, 0.29) is 29.7 Å². The highest BCUT2D eigenvalue weighted by Gasteiger charge is 2.23. The van der Waals surface area contributed by atoms with Crippen molar-refractivity contribution in [2.45, 2.75) is 18.9 Å². The third-order valence-electron chi connectivity index (χ3n) is 2.61. The highest BCUT2D eigenvalue weighted by Crippen LogP contribution is 2.18. The van der Waals surface area contributed by atoms with Crippen LogP contribution in [-0.4, -0.2) is 24.4 Å². The number of hydrogen-bond acceptors (Lipinski definition) is 3. The van der Waals surface area contributed by atoms with Crippen LogP contribution in [0.4, 0.5) is 10.1 Å². The minimum Gasteiger partial charge on any atom is -0.396 e. The highest BCUT2D eigenvalue weighted by atomic mass is 19.1. The largest absolute Gasteiger partial charge is 0.396 e. The lowest BCUT2D eigenvalue weighted by atomic mass is 10.2. The number of benzene rings is 1. The fourth-order valence-electron chi connectivity index (χ4n) is 1.44. The molecule has 1 aliphatic rings. The number of carbonyl (C=O) groups excluding carboxylic acids is 2. The molecular weight excluding hydrogens is 237 g/mol. The highest BCUT2D eigenvalue weighted by molar-refractivity contribution is 5.96. The van der Waals surface area contributed by atoms with Crippen molar-refractivity contribution in [1.82, 2.24) is 10.6 Å². The molecule has 2 rings (SSSR count). The quantitative estimate of drug-likeness (QED) is 0.678. The minimum absolute atomic E-state index is 0.0157. The second-order valence-corrected chi connectivity index (χ2v) is 4.26. The zero-order valence-electron chi connectivity index (χ0n) is 9.70. The first kappa shape index (κ1) is 12.3. The Morgan fingerprint density at radius 3 is 2.72 bits per heavy atom.